The number of hydrogen-bond acceptors (Lipinski definition) is 3. The zero-order chi connectivity index (χ0) is 17.5. The van der Waals surface area contributed by atoms with Crippen LogP contribution >= 0.6 is 0 Å². The summed E-state index contributed by atoms with van der Waals surface area (Å²) in [5, 5.41) is 5.88. The predicted molar refractivity (Wildman–Crippen MR) is 98.2 cm³/mol. The number of pyridine rings is 1. The van der Waals surface area contributed by atoms with Crippen molar-refractivity contribution >= 4 is 17.3 Å². The Kier molecular flexibility index (Phi) is 5.77. The third kappa shape index (κ3) is 4.89. The van der Waals surface area contributed by atoms with Gasteiger partial charge in [-0.15, -0.1) is 0 Å². The lowest BCUT2D eigenvalue weighted by atomic mass is 9.97. The van der Waals surface area contributed by atoms with Crippen molar-refractivity contribution in [2.75, 3.05) is 17.2 Å². The normalized spacial score (nSPS) is 13.9. The molecule has 2 N–H and O–H groups in total. The monoisotopic (exact) mass is 339 g/mol. The number of nitrogens with zero attached hydrogens (tertiary/aromatic N) is 1. The van der Waals surface area contributed by atoms with Gasteiger partial charge in [-0.2, -0.15) is 0 Å². The van der Waals surface area contributed by atoms with Crippen LogP contribution in [0.15, 0.2) is 54.2 Å². The van der Waals surface area contributed by atoms with E-state index in [-0.39, 0.29) is 11.4 Å². The maximum absolute atomic E-state index is 13.6. The van der Waals surface area contributed by atoms with Crippen molar-refractivity contribution in [1.29, 1.82) is 0 Å². The fourth-order valence-electron chi connectivity index (χ4n) is 2.91. The molecule has 1 aliphatic carbocycles. The minimum Gasteiger partial charge on any atom is -0.385 e. The van der Waals surface area contributed by atoms with Gasteiger partial charge in [-0.1, -0.05) is 23.8 Å². The van der Waals surface area contributed by atoms with Crippen molar-refractivity contribution in [3.8, 4) is 0 Å². The van der Waals surface area contributed by atoms with E-state index >= 15 is 0 Å². The number of nitrogens with one attached hydrogen (secondary N) is 2. The third-order valence-corrected chi connectivity index (χ3v) is 4.27. The van der Waals surface area contributed by atoms with Crippen molar-refractivity contribution < 1.29 is 9.18 Å². The first-order chi connectivity index (χ1) is 12.2. The molecule has 0 unspecified atom stereocenters. The molecular weight excluding hydrogens is 317 g/mol. The number of halogens is 1. The lowest BCUT2D eigenvalue weighted by Crippen LogP contribution is -2.15. The highest BCUT2D eigenvalue weighted by atomic mass is 19.1. The molecule has 0 atom stereocenters. The molecule has 0 spiro atoms. The van der Waals surface area contributed by atoms with Gasteiger partial charge in [0, 0.05) is 18.4 Å². The van der Waals surface area contributed by atoms with Crippen LogP contribution < -0.4 is 10.6 Å². The maximum atomic E-state index is 13.6. The van der Waals surface area contributed by atoms with Gasteiger partial charge < -0.3 is 10.6 Å². The highest BCUT2D eigenvalue weighted by Crippen LogP contribution is 2.20. The Morgan fingerprint density at radius 1 is 1.20 bits per heavy atom. The van der Waals surface area contributed by atoms with E-state index in [9.17, 15) is 9.18 Å². The summed E-state index contributed by atoms with van der Waals surface area (Å²) in [4.78, 5) is 16.3. The van der Waals surface area contributed by atoms with Crippen LogP contribution in [0.25, 0.3) is 0 Å². The van der Waals surface area contributed by atoms with E-state index in [1.165, 1.54) is 43.4 Å². The summed E-state index contributed by atoms with van der Waals surface area (Å²) in [6.07, 6.45) is 9.88. The Morgan fingerprint density at radius 2 is 2.08 bits per heavy atom. The lowest BCUT2D eigenvalue weighted by molar-refractivity contribution is 0.102. The Morgan fingerprint density at radius 3 is 2.88 bits per heavy atom. The van der Waals surface area contributed by atoms with Crippen molar-refractivity contribution in [3.05, 3.63) is 65.8 Å². The van der Waals surface area contributed by atoms with Crippen molar-refractivity contribution in [2.24, 2.45) is 0 Å². The maximum Gasteiger partial charge on any atom is 0.274 e. The number of carbonyl (C=O) groups is 1. The first-order valence-electron chi connectivity index (χ1n) is 8.66. The number of hydrogen-bond donors (Lipinski definition) is 2. The van der Waals surface area contributed by atoms with Gasteiger partial charge in [0.05, 0.1) is 5.69 Å². The molecule has 0 bridgehead atoms. The number of aromatic nitrogens is 1. The molecule has 1 aromatic heterocycles. The number of amides is 1. The third-order valence-electron chi connectivity index (χ3n) is 4.27. The smallest absolute Gasteiger partial charge is 0.274 e. The molecule has 4 nitrogen and oxygen atoms in total. The molecule has 5 heteroatoms. The van der Waals surface area contributed by atoms with Gasteiger partial charge in [0.1, 0.15) is 11.5 Å². The predicted octanol–water partition coefficient (Wildman–Crippen LogP) is 4.78. The summed E-state index contributed by atoms with van der Waals surface area (Å²) in [5.41, 5.74) is 2.75. The minimum atomic E-state index is -0.467. The first-order valence-corrected chi connectivity index (χ1v) is 8.66. The topological polar surface area (TPSA) is 54.0 Å². The second kappa shape index (κ2) is 8.42. The van der Waals surface area contributed by atoms with Crippen LogP contribution in [0, 0.1) is 5.82 Å². The summed E-state index contributed by atoms with van der Waals surface area (Å²) in [7, 11) is 0. The van der Waals surface area contributed by atoms with Gasteiger partial charge >= 0.3 is 0 Å². The highest BCUT2D eigenvalue weighted by molar-refractivity contribution is 6.03. The molecule has 1 amide bonds. The van der Waals surface area contributed by atoms with Crippen LogP contribution in [0.3, 0.4) is 0 Å². The molecule has 0 saturated carbocycles. The van der Waals surface area contributed by atoms with Gasteiger partial charge in [-0.25, -0.2) is 4.39 Å². The number of allylic oxidation sites excluding steroid dienone is 1. The van der Waals surface area contributed by atoms with Gasteiger partial charge in [-0.05, 0) is 56.4 Å². The molecule has 130 valence electrons. The second-order valence-corrected chi connectivity index (χ2v) is 6.15. The van der Waals surface area contributed by atoms with E-state index in [0.29, 0.717) is 0 Å². The highest BCUT2D eigenvalue weighted by Gasteiger charge is 2.11. The zero-order valence-electron chi connectivity index (χ0n) is 14.1. The van der Waals surface area contributed by atoms with Crippen LogP contribution in [-0.4, -0.2) is 17.4 Å². The Balaban J connectivity index is 1.58. The summed E-state index contributed by atoms with van der Waals surface area (Å²) in [6, 6.07) is 9.59. The molecule has 0 fully saturated rings. The van der Waals surface area contributed by atoms with Gasteiger partial charge in [0.25, 0.3) is 5.91 Å². The van der Waals surface area contributed by atoms with E-state index < -0.39 is 11.7 Å². The summed E-state index contributed by atoms with van der Waals surface area (Å²) < 4.78 is 13.6. The molecular formula is C20H22FN3O. The second-order valence-electron chi connectivity index (χ2n) is 6.15. The van der Waals surface area contributed by atoms with Gasteiger partial charge in [0.15, 0.2) is 0 Å². The summed E-state index contributed by atoms with van der Waals surface area (Å²) in [5.74, 6) is -0.894. The number of carbonyl (C=O) groups excluding carboxylic acids is 1. The molecule has 1 aliphatic rings. The zero-order valence-corrected chi connectivity index (χ0v) is 14.1. The van der Waals surface area contributed by atoms with Crippen LogP contribution in [0.5, 0.6) is 0 Å². The van der Waals surface area contributed by atoms with E-state index in [2.05, 4.69) is 21.7 Å². The van der Waals surface area contributed by atoms with Crippen molar-refractivity contribution in [1.82, 2.24) is 4.98 Å². The quantitative estimate of drug-likeness (QED) is 0.745. The average Bonchev–Trinajstić information content (AvgIpc) is 2.65. The Labute approximate surface area is 147 Å². The van der Waals surface area contributed by atoms with E-state index in [4.69, 9.17) is 0 Å². The SMILES string of the molecule is O=C(Nc1ccccc1F)c1cc(NCCC2=CCCCC2)ccn1. The Bertz CT molecular complexity index is 773. The summed E-state index contributed by atoms with van der Waals surface area (Å²) in [6.45, 7) is 0.824. The molecule has 25 heavy (non-hydrogen) atoms. The molecule has 1 aromatic carbocycles. The number of para-hydroxylation sites is 1. The molecule has 1 heterocycles. The van der Waals surface area contributed by atoms with Crippen molar-refractivity contribution in [3.63, 3.8) is 0 Å². The number of benzene rings is 1. The van der Waals surface area contributed by atoms with Crippen LogP contribution in [0.4, 0.5) is 15.8 Å². The molecule has 0 radical (unpaired) electrons. The fourth-order valence-corrected chi connectivity index (χ4v) is 2.91. The largest absolute Gasteiger partial charge is 0.385 e. The molecule has 0 aliphatic heterocycles. The van der Waals surface area contributed by atoms with E-state index in [0.717, 1.165) is 18.7 Å². The van der Waals surface area contributed by atoms with Gasteiger partial charge in [0.2, 0.25) is 0 Å². The van der Waals surface area contributed by atoms with Gasteiger partial charge in [-0.3, -0.25) is 9.78 Å². The fraction of sp³-hybridized carbons (Fsp3) is 0.300. The Hall–Kier alpha value is -2.69. The summed E-state index contributed by atoms with van der Waals surface area (Å²) >= 11 is 0. The van der Waals surface area contributed by atoms with Crippen LogP contribution in [-0.2, 0) is 0 Å². The molecule has 2 aromatic rings. The first kappa shape index (κ1) is 17.1. The van der Waals surface area contributed by atoms with Crippen LogP contribution in [0.2, 0.25) is 0 Å². The minimum absolute atomic E-state index is 0.150. The average molecular weight is 339 g/mol. The molecule has 0 saturated heterocycles. The van der Waals surface area contributed by atoms with E-state index in [1.54, 1.807) is 24.4 Å². The van der Waals surface area contributed by atoms with Crippen LogP contribution in [0.1, 0.15) is 42.6 Å². The van der Waals surface area contributed by atoms with E-state index in [1.807, 2.05) is 6.07 Å². The lowest BCUT2D eigenvalue weighted by Gasteiger charge is -2.13. The van der Waals surface area contributed by atoms with Crippen molar-refractivity contribution in [2.45, 2.75) is 32.1 Å². The standard InChI is InChI=1S/C20H22FN3O/c21-17-8-4-5-9-18(17)24-20(25)19-14-16(11-13-23-19)22-12-10-15-6-2-1-3-7-15/h4-6,8-9,11,13-14H,1-3,7,10,12H2,(H,22,23)(H,24,25). The number of rotatable bonds is 6. The number of anilines is 2. The molecule has 3 rings (SSSR count).